The third-order valence-electron chi connectivity index (χ3n) is 3.18. The Hall–Kier alpha value is -1.14. The van der Waals surface area contributed by atoms with Crippen molar-refractivity contribution < 1.29 is 0 Å². The van der Waals surface area contributed by atoms with Crippen LogP contribution in [0.15, 0.2) is 33.3 Å². The van der Waals surface area contributed by atoms with Gasteiger partial charge < -0.3 is 10.2 Å². The second kappa shape index (κ2) is 5.09. The minimum Gasteiger partial charge on any atom is -0.372 e. The van der Waals surface area contributed by atoms with Crippen LogP contribution in [0.1, 0.15) is 11.1 Å². The van der Waals surface area contributed by atoms with E-state index in [4.69, 9.17) is 0 Å². The first kappa shape index (κ1) is 12.9. The molecule has 2 heterocycles. The minimum atomic E-state index is 0.746. The van der Waals surface area contributed by atoms with Gasteiger partial charge in [0.2, 0.25) is 5.95 Å². The Labute approximate surface area is 128 Å². The van der Waals surface area contributed by atoms with Crippen molar-refractivity contribution in [2.24, 2.45) is 0 Å². The molecule has 0 saturated heterocycles. The zero-order chi connectivity index (χ0) is 13.4. The maximum Gasteiger partial charge on any atom is 0.227 e. The molecule has 98 valence electrons. The number of nitrogens with one attached hydrogen (secondary N) is 1. The van der Waals surface area contributed by atoms with Gasteiger partial charge in [-0.05, 0) is 33.1 Å². The highest BCUT2D eigenvalue weighted by Crippen LogP contribution is 2.32. The Kier molecular flexibility index (Phi) is 3.45. The average molecular weight is 384 g/mol. The van der Waals surface area contributed by atoms with Crippen molar-refractivity contribution in [1.82, 2.24) is 9.97 Å². The Balaban J connectivity index is 1.93. The molecule has 1 aromatic heterocycles. The molecule has 4 nitrogen and oxygen atoms in total. The highest BCUT2D eigenvalue weighted by Gasteiger charge is 2.23. The molecule has 0 spiro atoms. The van der Waals surface area contributed by atoms with E-state index in [-0.39, 0.29) is 0 Å². The van der Waals surface area contributed by atoms with E-state index in [1.54, 1.807) is 6.20 Å². The van der Waals surface area contributed by atoms with Crippen LogP contribution in [0, 0.1) is 0 Å². The van der Waals surface area contributed by atoms with Gasteiger partial charge >= 0.3 is 0 Å². The van der Waals surface area contributed by atoms with Crippen molar-refractivity contribution in [2.75, 3.05) is 17.3 Å². The molecular weight excluding hydrogens is 372 g/mol. The second-order valence-corrected chi connectivity index (χ2v) is 6.06. The van der Waals surface area contributed by atoms with E-state index in [0.29, 0.717) is 0 Å². The summed E-state index contributed by atoms with van der Waals surface area (Å²) in [7, 11) is 1.85. The first-order chi connectivity index (χ1) is 9.19. The van der Waals surface area contributed by atoms with Crippen molar-refractivity contribution >= 4 is 43.6 Å². The molecule has 0 radical (unpaired) electrons. The Morgan fingerprint density at radius 1 is 1.21 bits per heavy atom. The van der Waals surface area contributed by atoms with Gasteiger partial charge in [0.05, 0.1) is 4.47 Å². The molecule has 0 amide bonds. The summed E-state index contributed by atoms with van der Waals surface area (Å²) in [6.07, 6.45) is 1.78. The lowest BCUT2D eigenvalue weighted by Crippen LogP contribution is -2.18. The van der Waals surface area contributed by atoms with Crippen LogP contribution in [0.2, 0.25) is 0 Å². The molecule has 1 aliphatic rings. The van der Waals surface area contributed by atoms with Crippen molar-refractivity contribution in [3.8, 4) is 0 Å². The fourth-order valence-corrected chi connectivity index (χ4v) is 3.13. The van der Waals surface area contributed by atoms with E-state index in [0.717, 1.165) is 33.8 Å². The van der Waals surface area contributed by atoms with Gasteiger partial charge in [-0.1, -0.05) is 28.1 Å². The third-order valence-corrected chi connectivity index (χ3v) is 4.50. The number of hydrogen-bond donors (Lipinski definition) is 1. The van der Waals surface area contributed by atoms with E-state index in [9.17, 15) is 0 Å². The Morgan fingerprint density at radius 2 is 2.05 bits per heavy atom. The van der Waals surface area contributed by atoms with Crippen LogP contribution >= 0.6 is 31.9 Å². The standard InChI is InChI=1S/C13H12Br2N4/c1-16-12-11(15)5-17-13(18-12)19-6-8-3-2-4-10(14)9(8)7-19/h2-5H,6-7H2,1H3,(H,16,17,18). The molecular formula is C13H12Br2N4. The molecule has 0 atom stereocenters. The van der Waals surface area contributed by atoms with E-state index in [1.165, 1.54) is 11.1 Å². The molecule has 6 heteroatoms. The number of fused-ring (bicyclic) bond motifs is 1. The summed E-state index contributed by atoms with van der Waals surface area (Å²) in [5.41, 5.74) is 2.65. The summed E-state index contributed by atoms with van der Waals surface area (Å²) in [5.74, 6) is 1.55. The number of rotatable bonds is 2. The maximum atomic E-state index is 4.53. The van der Waals surface area contributed by atoms with E-state index in [2.05, 4.69) is 70.2 Å². The highest BCUT2D eigenvalue weighted by atomic mass is 79.9. The lowest BCUT2D eigenvalue weighted by atomic mass is 10.1. The predicted molar refractivity (Wildman–Crippen MR) is 83.3 cm³/mol. The monoisotopic (exact) mass is 382 g/mol. The number of aromatic nitrogens is 2. The highest BCUT2D eigenvalue weighted by molar-refractivity contribution is 9.10. The third kappa shape index (κ3) is 2.34. The maximum absolute atomic E-state index is 4.53. The van der Waals surface area contributed by atoms with Gasteiger partial charge in [-0.2, -0.15) is 4.98 Å². The van der Waals surface area contributed by atoms with Gasteiger partial charge in [0.25, 0.3) is 0 Å². The van der Waals surface area contributed by atoms with Crippen LogP contribution in [0.5, 0.6) is 0 Å². The molecule has 19 heavy (non-hydrogen) atoms. The first-order valence-electron chi connectivity index (χ1n) is 5.90. The van der Waals surface area contributed by atoms with Crippen molar-refractivity contribution in [2.45, 2.75) is 13.1 Å². The molecule has 0 saturated carbocycles. The molecule has 0 aliphatic carbocycles. The number of hydrogen-bond acceptors (Lipinski definition) is 4. The lowest BCUT2D eigenvalue weighted by molar-refractivity contribution is 0.827. The molecule has 1 aliphatic heterocycles. The summed E-state index contributed by atoms with van der Waals surface area (Å²) in [6.45, 7) is 1.68. The zero-order valence-electron chi connectivity index (χ0n) is 10.3. The summed E-state index contributed by atoms with van der Waals surface area (Å²) < 4.78 is 2.02. The van der Waals surface area contributed by atoms with E-state index >= 15 is 0 Å². The van der Waals surface area contributed by atoms with Crippen LogP contribution in [-0.4, -0.2) is 17.0 Å². The fraction of sp³-hybridized carbons (Fsp3) is 0.231. The van der Waals surface area contributed by atoms with Gasteiger partial charge in [-0.3, -0.25) is 0 Å². The van der Waals surface area contributed by atoms with Gasteiger partial charge in [-0.25, -0.2) is 4.98 Å². The van der Waals surface area contributed by atoms with Crippen molar-refractivity contribution in [3.05, 3.63) is 44.5 Å². The molecule has 0 unspecified atom stereocenters. The topological polar surface area (TPSA) is 41.1 Å². The number of nitrogens with zero attached hydrogens (tertiary/aromatic N) is 3. The molecule has 3 rings (SSSR count). The number of benzene rings is 1. The largest absolute Gasteiger partial charge is 0.372 e. The molecule has 1 N–H and O–H groups in total. The second-order valence-electron chi connectivity index (χ2n) is 4.35. The van der Waals surface area contributed by atoms with Gasteiger partial charge in [0.1, 0.15) is 5.82 Å². The van der Waals surface area contributed by atoms with Gasteiger partial charge in [-0.15, -0.1) is 0 Å². The van der Waals surface area contributed by atoms with Crippen LogP contribution < -0.4 is 10.2 Å². The number of halogens is 2. The summed E-state index contributed by atoms with van der Waals surface area (Å²) in [4.78, 5) is 11.1. The smallest absolute Gasteiger partial charge is 0.227 e. The van der Waals surface area contributed by atoms with Crippen molar-refractivity contribution in [3.63, 3.8) is 0 Å². The SMILES string of the molecule is CNc1nc(N2Cc3cccc(Br)c3C2)ncc1Br. The molecule has 2 aromatic rings. The van der Waals surface area contributed by atoms with E-state index in [1.807, 2.05) is 7.05 Å². The Morgan fingerprint density at radius 3 is 2.79 bits per heavy atom. The molecule has 1 aromatic carbocycles. The van der Waals surface area contributed by atoms with Crippen molar-refractivity contribution in [1.29, 1.82) is 0 Å². The predicted octanol–water partition coefficient (Wildman–Crippen LogP) is 3.56. The quantitative estimate of drug-likeness (QED) is 0.860. The summed E-state index contributed by atoms with van der Waals surface area (Å²) in [6, 6.07) is 6.29. The van der Waals surface area contributed by atoms with Crippen LogP contribution in [-0.2, 0) is 13.1 Å². The normalized spacial score (nSPS) is 13.5. The van der Waals surface area contributed by atoms with E-state index < -0.39 is 0 Å². The lowest BCUT2D eigenvalue weighted by Gasteiger charge is -2.16. The number of anilines is 2. The first-order valence-corrected chi connectivity index (χ1v) is 7.49. The molecule has 0 bridgehead atoms. The van der Waals surface area contributed by atoms with Gasteiger partial charge in [0, 0.05) is 30.8 Å². The van der Waals surface area contributed by atoms with Crippen LogP contribution in [0.4, 0.5) is 11.8 Å². The van der Waals surface area contributed by atoms with Crippen LogP contribution in [0.25, 0.3) is 0 Å². The summed E-state index contributed by atoms with van der Waals surface area (Å²) >= 11 is 7.03. The minimum absolute atomic E-state index is 0.746. The average Bonchev–Trinajstić information content (AvgIpc) is 2.85. The summed E-state index contributed by atoms with van der Waals surface area (Å²) in [5, 5.41) is 3.06. The van der Waals surface area contributed by atoms with Gasteiger partial charge in [0.15, 0.2) is 0 Å². The Bertz CT molecular complexity index is 630. The zero-order valence-corrected chi connectivity index (χ0v) is 13.5. The van der Waals surface area contributed by atoms with Crippen LogP contribution in [0.3, 0.4) is 0 Å². The molecule has 0 fully saturated rings. The fourth-order valence-electron chi connectivity index (χ4n) is 2.21.